The lowest BCUT2D eigenvalue weighted by Gasteiger charge is -2.32. The van der Waals surface area contributed by atoms with Crippen LogP contribution in [-0.4, -0.2) is 53.8 Å². The fourth-order valence-electron chi connectivity index (χ4n) is 3.83. The molecule has 0 amide bonds. The van der Waals surface area contributed by atoms with Crippen LogP contribution < -0.4 is 10.1 Å². The number of nitrogens with zero attached hydrogens (tertiary/aromatic N) is 2. The van der Waals surface area contributed by atoms with Gasteiger partial charge in [0.25, 0.3) is 6.01 Å². The standard InChI is InChI=1S/C23H27N3O5/c1-3-30-21-12-15(4-6-19(21)27)14-26-10-8-17(9-11-26)24-23-25-18-13-16(22(28)29-2)5-7-20(18)31-23/h4-7,12-13,17,27H,3,8-11,14H2,1-2H3,(H,24,25). The second kappa shape index (κ2) is 9.26. The number of hydrogen-bond donors (Lipinski definition) is 2. The fourth-order valence-corrected chi connectivity index (χ4v) is 3.83. The molecule has 1 aliphatic rings. The Balaban J connectivity index is 1.33. The number of phenols is 1. The van der Waals surface area contributed by atoms with E-state index < -0.39 is 5.97 Å². The van der Waals surface area contributed by atoms with Gasteiger partial charge in [-0.2, -0.15) is 4.98 Å². The second-order valence-electron chi connectivity index (χ2n) is 7.62. The third-order valence-electron chi connectivity index (χ3n) is 5.45. The van der Waals surface area contributed by atoms with E-state index in [1.807, 2.05) is 19.1 Å². The van der Waals surface area contributed by atoms with Crippen LogP contribution in [0.3, 0.4) is 0 Å². The normalized spacial score (nSPS) is 15.2. The van der Waals surface area contributed by atoms with Gasteiger partial charge in [-0.3, -0.25) is 4.90 Å². The highest BCUT2D eigenvalue weighted by Gasteiger charge is 2.21. The lowest BCUT2D eigenvalue weighted by Crippen LogP contribution is -2.38. The number of carbonyl (C=O) groups is 1. The lowest BCUT2D eigenvalue weighted by atomic mass is 10.0. The van der Waals surface area contributed by atoms with Crippen molar-refractivity contribution in [2.75, 3.05) is 32.1 Å². The Morgan fingerprint density at radius 2 is 2.06 bits per heavy atom. The maximum Gasteiger partial charge on any atom is 0.337 e. The number of piperidine rings is 1. The summed E-state index contributed by atoms with van der Waals surface area (Å²) in [5.41, 5.74) is 2.82. The van der Waals surface area contributed by atoms with E-state index in [9.17, 15) is 9.90 Å². The van der Waals surface area contributed by atoms with Gasteiger partial charge in [-0.25, -0.2) is 4.79 Å². The molecule has 0 spiro atoms. The number of benzene rings is 2. The summed E-state index contributed by atoms with van der Waals surface area (Å²) in [5.74, 6) is 0.308. The first-order valence-electron chi connectivity index (χ1n) is 10.5. The summed E-state index contributed by atoms with van der Waals surface area (Å²) < 4.78 is 16.0. The van der Waals surface area contributed by atoms with Gasteiger partial charge >= 0.3 is 5.97 Å². The van der Waals surface area contributed by atoms with Crippen molar-refractivity contribution in [1.82, 2.24) is 9.88 Å². The lowest BCUT2D eigenvalue weighted by molar-refractivity contribution is 0.0601. The van der Waals surface area contributed by atoms with Crippen LogP contribution in [0.1, 0.15) is 35.7 Å². The zero-order valence-corrected chi connectivity index (χ0v) is 17.8. The molecule has 1 aromatic heterocycles. The summed E-state index contributed by atoms with van der Waals surface area (Å²) >= 11 is 0. The molecule has 2 N–H and O–H groups in total. The molecule has 2 heterocycles. The number of ether oxygens (including phenoxy) is 2. The number of aromatic hydroxyl groups is 1. The zero-order chi connectivity index (χ0) is 21.8. The van der Waals surface area contributed by atoms with Crippen molar-refractivity contribution in [3.05, 3.63) is 47.5 Å². The minimum Gasteiger partial charge on any atom is -0.504 e. The van der Waals surface area contributed by atoms with Gasteiger partial charge < -0.3 is 24.3 Å². The van der Waals surface area contributed by atoms with Crippen LogP contribution in [0, 0.1) is 0 Å². The predicted octanol–water partition coefficient (Wildman–Crippen LogP) is 3.80. The number of oxazole rings is 1. The number of likely N-dealkylation sites (tertiary alicyclic amines) is 1. The van der Waals surface area contributed by atoms with E-state index in [1.54, 1.807) is 24.3 Å². The van der Waals surface area contributed by atoms with Gasteiger partial charge in [0.2, 0.25) is 0 Å². The number of esters is 1. The molecular weight excluding hydrogens is 398 g/mol. The van der Waals surface area contributed by atoms with Gasteiger partial charge in [0, 0.05) is 25.7 Å². The van der Waals surface area contributed by atoms with Crippen molar-refractivity contribution in [2.24, 2.45) is 0 Å². The maximum absolute atomic E-state index is 11.7. The van der Waals surface area contributed by atoms with Crippen LogP contribution in [0.5, 0.6) is 11.5 Å². The zero-order valence-electron chi connectivity index (χ0n) is 17.8. The second-order valence-corrected chi connectivity index (χ2v) is 7.62. The van der Waals surface area contributed by atoms with Crippen molar-refractivity contribution >= 4 is 23.1 Å². The molecule has 1 aliphatic heterocycles. The fraction of sp³-hybridized carbons (Fsp3) is 0.391. The Kier molecular flexibility index (Phi) is 6.27. The van der Waals surface area contributed by atoms with Gasteiger partial charge in [-0.1, -0.05) is 6.07 Å². The van der Waals surface area contributed by atoms with Crippen LogP contribution in [0.25, 0.3) is 11.1 Å². The van der Waals surface area contributed by atoms with Gasteiger partial charge in [-0.15, -0.1) is 0 Å². The summed E-state index contributed by atoms with van der Waals surface area (Å²) in [7, 11) is 1.36. The van der Waals surface area contributed by atoms with E-state index in [2.05, 4.69) is 15.2 Å². The molecule has 3 aromatic rings. The Morgan fingerprint density at radius 3 is 2.81 bits per heavy atom. The van der Waals surface area contributed by atoms with E-state index in [1.165, 1.54) is 7.11 Å². The molecule has 1 fully saturated rings. The molecule has 8 heteroatoms. The van der Waals surface area contributed by atoms with Crippen LogP contribution in [-0.2, 0) is 11.3 Å². The third-order valence-corrected chi connectivity index (χ3v) is 5.45. The van der Waals surface area contributed by atoms with E-state index in [0.717, 1.165) is 38.0 Å². The predicted molar refractivity (Wildman–Crippen MR) is 117 cm³/mol. The largest absolute Gasteiger partial charge is 0.504 e. The van der Waals surface area contributed by atoms with Gasteiger partial charge in [0.15, 0.2) is 17.1 Å². The van der Waals surface area contributed by atoms with E-state index in [4.69, 9.17) is 13.9 Å². The summed E-state index contributed by atoms with van der Waals surface area (Å²) in [5, 5.41) is 13.2. The Morgan fingerprint density at radius 1 is 1.26 bits per heavy atom. The maximum atomic E-state index is 11.7. The topological polar surface area (TPSA) is 97.1 Å². The molecule has 0 bridgehead atoms. The molecule has 0 aliphatic carbocycles. The first-order chi connectivity index (χ1) is 15.1. The molecule has 1 saturated heterocycles. The molecule has 0 unspecified atom stereocenters. The van der Waals surface area contributed by atoms with Crippen LogP contribution >= 0.6 is 0 Å². The minimum atomic E-state index is -0.395. The molecular formula is C23H27N3O5. The van der Waals surface area contributed by atoms with Crippen LogP contribution in [0.15, 0.2) is 40.8 Å². The number of methoxy groups -OCH3 is 1. The number of phenolic OH excluding ortho intramolecular Hbond substituents is 1. The van der Waals surface area contributed by atoms with Crippen molar-refractivity contribution in [1.29, 1.82) is 0 Å². The molecule has 0 atom stereocenters. The van der Waals surface area contributed by atoms with Gasteiger partial charge in [0.1, 0.15) is 5.52 Å². The first-order valence-corrected chi connectivity index (χ1v) is 10.5. The minimum absolute atomic E-state index is 0.172. The van der Waals surface area contributed by atoms with E-state index in [0.29, 0.717) is 35.0 Å². The summed E-state index contributed by atoms with van der Waals surface area (Å²) in [4.78, 5) is 18.5. The molecule has 2 aromatic carbocycles. The van der Waals surface area contributed by atoms with Crippen molar-refractivity contribution in [3.8, 4) is 11.5 Å². The Hall–Kier alpha value is -3.26. The number of carbonyl (C=O) groups excluding carboxylic acids is 1. The van der Waals surface area contributed by atoms with Crippen LogP contribution in [0.4, 0.5) is 6.01 Å². The van der Waals surface area contributed by atoms with Crippen molar-refractivity contribution in [3.63, 3.8) is 0 Å². The smallest absolute Gasteiger partial charge is 0.337 e. The van der Waals surface area contributed by atoms with Crippen LogP contribution in [0.2, 0.25) is 0 Å². The average Bonchev–Trinajstić information content (AvgIpc) is 3.18. The average molecular weight is 425 g/mol. The summed E-state index contributed by atoms with van der Waals surface area (Å²) in [6.07, 6.45) is 1.92. The van der Waals surface area contributed by atoms with E-state index in [-0.39, 0.29) is 11.8 Å². The molecule has 4 rings (SSSR count). The van der Waals surface area contributed by atoms with Crippen molar-refractivity contribution in [2.45, 2.75) is 32.4 Å². The highest BCUT2D eigenvalue weighted by molar-refractivity contribution is 5.93. The SMILES string of the molecule is CCOc1cc(CN2CCC(Nc3nc4cc(C(=O)OC)ccc4o3)CC2)ccc1O. The Labute approximate surface area is 180 Å². The number of aromatic nitrogens is 1. The molecule has 0 saturated carbocycles. The quantitative estimate of drug-likeness (QED) is 0.552. The monoisotopic (exact) mass is 425 g/mol. The Bertz CT molecular complexity index is 1060. The molecule has 164 valence electrons. The highest BCUT2D eigenvalue weighted by atomic mass is 16.5. The third kappa shape index (κ3) is 4.91. The number of rotatable bonds is 7. The highest BCUT2D eigenvalue weighted by Crippen LogP contribution is 2.28. The number of hydrogen-bond acceptors (Lipinski definition) is 8. The van der Waals surface area contributed by atoms with Crippen molar-refractivity contribution < 1.29 is 23.8 Å². The molecule has 0 radical (unpaired) electrons. The number of fused-ring (bicyclic) bond motifs is 1. The molecule has 8 nitrogen and oxygen atoms in total. The molecule has 31 heavy (non-hydrogen) atoms. The summed E-state index contributed by atoms with van der Waals surface area (Å²) in [6, 6.07) is 11.3. The summed E-state index contributed by atoms with van der Waals surface area (Å²) in [6.45, 7) is 5.11. The van der Waals surface area contributed by atoms with Gasteiger partial charge in [-0.05, 0) is 55.7 Å². The van der Waals surface area contributed by atoms with Gasteiger partial charge in [0.05, 0.1) is 19.3 Å². The van der Waals surface area contributed by atoms with E-state index >= 15 is 0 Å². The number of anilines is 1. The first kappa shape index (κ1) is 21.0. The number of nitrogens with one attached hydrogen (secondary N) is 1.